The van der Waals surface area contributed by atoms with Crippen LogP contribution in [-0.2, 0) is 64.1 Å². The number of benzene rings is 12. The molecule has 143 heavy (non-hydrogen) atoms. The summed E-state index contributed by atoms with van der Waals surface area (Å²) in [5.41, 5.74) is 7.76. The summed E-state index contributed by atoms with van der Waals surface area (Å²) in [6.45, 7) is 13.2. The number of sulfonamides is 4. The van der Waals surface area contributed by atoms with Gasteiger partial charge in [-0.3, -0.25) is 48.1 Å². The Morgan fingerprint density at radius 1 is 0.266 bits per heavy atom. The van der Waals surface area contributed by atoms with Crippen LogP contribution in [-0.4, -0.2) is 223 Å². The first-order chi connectivity index (χ1) is 68.4. The van der Waals surface area contributed by atoms with Gasteiger partial charge >= 0.3 is 23.9 Å². The van der Waals surface area contributed by atoms with E-state index >= 15 is 0 Å². The Morgan fingerprint density at radius 3 is 0.783 bits per heavy atom. The van der Waals surface area contributed by atoms with E-state index < -0.39 is 64.0 Å². The summed E-state index contributed by atoms with van der Waals surface area (Å²) in [6, 6.07) is 69.0. The van der Waals surface area contributed by atoms with Crippen LogP contribution >= 0.6 is 0 Å². The van der Waals surface area contributed by atoms with Crippen LogP contribution in [0.1, 0.15) is 154 Å². The average molecular weight is 2020 g/mol. The lowest BCUT2D eigenvalue weighted by molar-refractivity contribution is -0.139. The Hall–Kier alpha value is -13.6. The number of aryl methyl sites for hydroxylation is 4. The number of likely N-dealkylation sites (tertiary alicyclic amines) is 4. The maximum Gasteiger partial charge on any atom is 0.317 e. The van der Waals surface area contributed by atoms with Crippen molar-refractivity contribution in [3.05, 3.63) is 287 Å². The summed E-state index contributed by atoms with van der Waals surface area (Å²) in [5.74, 6) is -4.60. The quantitative estimate of drug-likeness (QED) is 0.0182. The van der Waals surface area contributed by atoms with E-state index in [0.717, 1.165) is 35.3 Å². The smallest absolute Gasteiger partial charge is 0.317 e. The molecule has 0 unspecified atom stereocenters. The molecule has 752 valence electrons. The zero-order valence-corrected chi connectivity index (χ0v) is 83.0. The number of piperidine rings is 4. The normalized spacial score (nSPS) is 15.0. The summed E-state index contributed by atoms with van der Waals surface area (Å²) in [6.07, 6.45) is 5.76. The van der Waals surface area contributed by atoms with E-state index in [1.165, 1.54) is 0 Å². The lowest BCUT2D eigenvalue weighted by atomic mass is 10.1. The van der Waals surface area contributed by atoms with Crippen LogP contribution in [0.5, 0.6) is 0 Å². The zero-order chi connectivity index (χ0) is 102. The molecule has 0 atom stereocenters. The summed E-state index contributed by atoms with van der Waals surface area (Å²) >= 11 is 0. The van der Waals surface area contributed by atoms with E-state index in [1.54, 1.807) is 198 Å². The van der Waals surface area contributed by atoms with Crippen molar-refractivity contribution in [2.24, 2.45) is 0 Å². The molecule has 37 heteroatoms. The first kappa shape index (κ1) is 107. The van der Waals surface area contributed by atoms with Crippen molar-refractivity contribution in [3.63, 3.8) is 0 Å². The van der Waals surface area contributed by atoms with Crippen LogP contribution in [0.2, 0.25) is 0 Å². The van der Waals surface area contributed by atoms with E-state index in [2.05, 4.69) is 45.1 Å². The molecule has 4 heterocycles. The second kappa shape index (κ2) is 48.9. The first-order valence-corrected chi connectivity index (χ1v) is 53.3. The van der Waals surface area contributed by atoms with E-state index in [4.69, 9.17) is 20.4 Å². The number of carbonyl (C=O) groups is 9. The average Bonchev–Trinajstić information content (AvgIpc) is 0.782. The molecular formula is C106H118N12O21S4. The Kier molecular flexibility index (Phi) is 36.5. The summed E-state index contributed by atoms with van der Waals surface area (Å²) in [4.78, 5) is 115. The van der Waals surface area contributed by atoms with Crippen LogP contribution < -0.4 is 40.2 Å². The molecule has 0 bridgehead atoms. The van der Waals surface area contributed by atoms with Gasteiger partial charge in [0, 0.05) is 164 Å². The number of carboxylic acids is 4. The lowest BCUT2D eigenvalue weighted by Crippen LogP contribution is -2.46. The van der Waals surface area contributed by atoms with Crippen molar-refractivity contribution in [2.75, 3.05) is 93.3 Å². The Labute approximate surface area is 831 Å². The van der Waals surface area contributed by atoms with E-state index in [1.807, 2.05) is 87.2 Å². The van der Waals surface area contributed by atoms with Gasteiger partial charge in [-0.15, -0.1) is 0 Å². The largest absolute Gasteiger partial charge is 0.481 e. The predicted octanol–water partition coefficient (Wildman–Crippen LogP) is 14.8. The lowest BCUT2D eigenvalue weighted by Gasteiger charge is -2.32. The maximum absolute atomic E-state index is 13.4. The van der Waals surface area contributed by atoms with Gasteiger partial charge in [0.2, 0.25) is 46.0 Å². The van der Waals surface area contributed by atoms with E-state index in [-0.39, 0.29) is 112 Å². The monoisotopic (exact) mass is 2020 g/mol. The molecule has 4 aliphatic rings. The van der Waals surface area contributed by atoms with Gasteiger partial charge in [-0.2, -0.15) is 0 Å². The van der Waals surface area contributed by atoms with Crippen molar-refractivity contribution >= 4 is 159 Å². The SMILES string of the molecule is Cc1ccccc1C(=O)Nc1cccc2c(S(=O)(=O)NC3CCN(C(=O)CCCC(=O)O)CC3)cccc12.Cc1ccccc1C(=O)Nc1cccc2c(S(=O)(=O)NC3CCN(CC(=O)O)CC3)cccc12.Cc1ccccc1C(=O)Nc1cccc2c(S(=O)(=O)NC3CCN(CCC(=O)O)CC3)cccc12.Cc1ccccc1C(=O)Nc1cccc2c(S(=O)(=O)NC3CCN(CCCC(=O)O)CC3)cccc12. The molecule has 0 radical (unpaired) electrons. The number of hydrogen-bond donors (Lipinski definition) is 12. The highest BCUT2D eigenvalue weighted by Gasteiger charge is 2.34. The highest BCUT2D eigenvalue weighted by molar-refractivity contribution is 7.90. The molecule has 16 rings (SSSR count). The van der Waals surface area contributed by atoms with Crippen LogP contribution in [0, 0.1) is 27.7 Å². The van der Waals surface area contributed by atoms with Crippen molar-refractivity contribution in [2.45, 2.75) is 161 Å². The molecular weight excluding hydrogens is 1910 g/mol. The van der Waals surface area contributed by atoms with Gasteiger partial charge in [0.15, 0.2) is 0 Å². The van der Waals surface area contributed by atoms with E-state index in [9.17, 15) is 76.8 Å². The minimum atomic E-state index is -3.88. The molecule has 5 amide bonds. The molecule has 12 N–H and O–H groups in total. The van der Waals surface area contributed by atoms with Gasteiger partial charge in [-0.25, -0.2) is 52.6 Å². The molecule has 33 nitrogen and oxygen atoms in total. The molecule has 4 fully saturated rings. The fraction of sp³-hybridized carbons (Fsp3) is 0.311. The highest BCUT2D eigenvalue weighted by Crippen LogP contribution is 2.37. The number of aliphatic carboxylic acids is 4. The number of rotatable bonds is 33. The van der Waals surface area contributed by atoms with E-state index in [0.29, 0.717) is 198 Å². The molecule has 12 aromatic rings. The third-order valence-electron chi connectivity index (χ3n) is 25.8. The molecule has 4 saturated heterocycles. The second-order valence-electron chi connectivity index (χ2n) is 35.9. The number of carbonyl (C=O) groups excluding carboxylic acids is 5. The molecule has 0 spiro atoms. The van der Waals surface area contributed by atoms with Gasteiger partial charge in [0.1, 0.15) is 0 Å². The number of hydrogen-bond acceptors (Lipinski definition) is 20. The fourth-order valence-corrected chi connectivity index (χ4v) is 24.3. The number of nitrogens with zero attached hydrogens (tertiary/aromatic N) is 4. The van der Waals surface area contributed by atoms with Crippen LogP contribution in [0.3, 0.4) is 0 Å². The molecule has 0 aromatic heterocycles. The first-order valence-electron chi connectivity index (χ1n) is 47.3. The number of nitrogens with one attached hydrogen (secondary N) is 8. The van der Waals surface area contributed by atoms with Crippen molar-refractivity contribution in [3.8, 4) is 0 Å². The number of amides is 5. The highest BCUT2D eigenvalue weighted by atomic mass is 32.2. The zero-order valence-electron chi connectivity index (χ0n) is 79.7. The summed E-state index contributed by atoms with van der Waals surface area (Å²) in [5, 5.41) is 51.6. The number of fused-ring (bicyclic) bond motifs is 4. The Morgan fingerprint density at radius 2 is 0.510 bits per heavy atom. The second-order valence-corrected chi connectivity index (χ2v) is 42.6. The molecule has 0 saturated carbocycles. The van der Waals surface area contributed by atoms with Crippen molar-refractivity contribution < 1.29 is 97.2 Å². The van der Waals surface area contributed by atoms with Gasteiger partial charge < -0.3 is 56.4 Å². The molecule has 12 aromatic carbocycles. The Balaban J connectivity index is 0.000000160. The van der Waals surface area contributed by atoms with Gasteiger partial charge in [0.25, 0.3) is 23.6 Å². The van der Waals surface area contributed by atoms with Crippen LogP contribution in [0.15, 0.2) is 262 Å². The van der Waals surface area contributed by atoms with Gasteiger partial charge in [-0.1, -0.05) is 170 Å². The fourth-order valence-electron chi connectivity index (χ4n) is 18.2. The Bertz CT molecular complexity index is 7200. The topological polar surface area (TPSA) is 480 Å². The van der Waals surface area contributed by atoms with Crippen molar-refractivity contribution in [1.82, 2.24) is 38.5 Å². The minimum Gasteiger partial charge on any atom is -0.481 e. The number of anilines is 4. The van der Waals surface area contributed by atoms with Gasteiger partial charge in [0.05, 0.1) is 32.5 Å². The summed E-state index contributed by atoms with van der Waals surface area (Å²) < 4.78 is 118. The van der Waals surface area contributed by atoms with Gasteiger partial charge in [-0.05, 0) is 220 Å². The van der Waals surface area contributed by atoms with Crippen LogP contribution in [0.4, 0.5) is 22.7 Å². The number of carboxylic acid groups (broad SMARTS) is 4. The summed E-state index contributed by atoms with van der Waals surface area (Å²) in [7, 11) is -15.3. The molecule has 0 aliphatic carbocycles. The predicted molar refractivity (Wildman–Crippen MR) is 550 cm³/mol. The van der Waals surface area contributed by atoms with Crippen molar-refractivity contribution in [1.29, 1.82) is 0 Å². The maximum atomic E-state index is 13.4. The molecule has 4 aliphatic heterocycles. The minimum absolute atomic E-state index is 0.0419. The third-order valence-corrected chi connectivity index (χ3v) is 32.1. The van der Waals surface area contributed by atoms with Crippen LogP contribution in [0.25, 0.3) is 43.1 Å². The standard InChI is InChI=1S/C28H31N3O6S.C27H31N3O5S.C26H29N3O5S.C25H27N3O5S/c1-19-7-2-3-8-21(19)28(35)29-24-11-4-10-23-22(24)9-5-12-25(23)38(36,37)30-20-15-17-31(18-16-20)26(32)13-6-14-27(33)34;1-19-7-2-3-8-21(19)27(33)28-24-11-4-10-23-22(24)9-5-12-25(23)36(34,35)29-20-14-17-30(18-15-20)16-6-13-26(31)32;1-18-6-2-3-7-20(18)26(32)27-23-10-4-9-22-21(23)8-5-11-24(22)35(33,34)28-19-12-15-29(16-13-19)17-14-25(30)31;1-17-6-2-3-7-19(17)25(31)26-22-10-4-9-21-20(22)8-5-11-23(21)34(32,33)27-18-12-14-28(15-13-18)16-24(29)30/h2-5,7-12,20,30H,6,13-18H2,1H3,(H,29,35)(H,33,34);2-5,7-12,20,29H,6,13-18H2,1H3,(H,28,33)(H,31,32);2-11,19,28H,12-17H2,1H3,(H,27,32)(H,30,31);2-11,18,27H,12-16H2,1H3,(H,26,31)(H,29,30). The third kappa shape index (κ3) is 28.7.